The zero-order valence-corrected chi connectivity index (χ0v) is 15.6. The number of piperidine rings is 1. The molecule has 138 valence electrons. The van der Waals surface area contributed by atoms with Crippen molar-refractivity contribution in [2.24, 2.45) is 7.05 Å². The summed E-state index contributed by atoms with van der Waals surface area (Å²) >= 11 is 6.04. The minimum absolute atomic E-state index is 0.0734. The zero-order valence-electron chi connectivity index (χ0n) is 14.8. The number of rotatable bonds is 5. The number of aliphatic hydroxyl groups is 1. The molecule has 0 spiro atoms. The van der Waals surface area contributed by atoms with Crippen molar-refractivity contribution in [3.8, 4) is 0 Å². The van der Waals surface area contributed by atoms with E-state index in [4.69, 9.17) is 11.6 Å². The Morgan fingerprint density at radius 2 is 2.23 bits per heavy atom. The van der Waals surface area contributed by atoms with Crippen molar-refractivity contribution in [1.82, 2.24) is 29.6 Å². The molecule has 2 N–H and O–H groups in total. The third-order valence-corrected chi connectivity index (χ3v) is 5.40. The fourth-order valence-electron chi connectivity index (χ4n) is 3.76. The van der Waals surface area contributed by atoms with Crippen molar-refractivity contribution in [3.05, 3.63) is 40.7 Å². The van der Waals surface area contributed by atoms with Gasteiger partial charge in [0.2, 0.25) is 0 Å². The number of aromatic nitrogens is 5. The lowest BCUT2D eigenvalue weighted by Gasteiger charge is -2.31. The summed E-state index contributed by atoms with van der Waals surface area (Å²) in [6.45, 7) is 2.93. The average Bonchev–Trinajstić information content (AvgIpc) is 3.22. The molecule has 1 saturated heterocycles. The summed E-state index contributed by atoms with van der Waals surface area (Å²) in [6, 6.07) is 5.73. The maximum Gasteiger partial charge on any atom is 0.158 e. The number of likely N-dealkylation sites (tertiary alicyclic amines) is 1. The summed E-state index contributed by atoms with van der Waals surface area (Å²) in [6.07, 6.45) is 3.12. The Balaban J connectivity index is 1.40. The predicted molar refractivity (Wildman–Crippen MR) is 100 cm³/mol. The van der Waals surface area contributed by atoms with E-state index in [1.165, 1.54) is 0 Å². The van der Waals surface area contributed by atoms with E-state index >= 15 is 0 Å². The van der Waals surface area contributed by atoms with Gasteiger partial charge in [-0.15, -0.1) is 10.2 Å². The van der Waals surface area contributed by atoms with Crippen molar-refractivity contribution in [3.63, 3.8) is 0 Å². The lowest BCUT2D eigenvalue weighted by Crippen LogP contribution is -2.36. The van der Waals surface area contributed by atoms with Gasteiger partial charge in [0, 0.05) is 37.5 Å². The van der Waals surface area contributed by atoms with Crippen LogP contribution in [0.2, 0.25) is 5.02 Å². The van der Waals surface area contributed by atoms with Gasteiger partial charge in [0.05, 0.1) is 11.0 Å². The Labute approximate surface area is 157 Å². The predicted octanol–water partition coefficient (Wildman–Crippen LogP) is 2.26. The van der Waals surface area contributed by atoms with E-state index in [0.29, 0.717) is 11.7 Å². The highest BCUT2D eigenvalue weighted by atomic mass is 35.5. The number of benzene rings is 1. The van der Waals surface area contributed by atoms with Crippen LogP contribution in [0.15, 0.2) is 18.2 Å². The number of hydrogen-bond donors (Lipinski definition) is 2. The first-order chi connectivity index (χ1) is 12.6. The van der Waals surface area contributed by atoms with E-state index in [0.717, 1.165) is 66.6 Å². The van der Waals surface area contributed by atoms with Crippen LogP contribution in [0.4, 0.5) is 0 Å². The Morgan fingerprint density at radius 1 is 1.35 bits per heavy atom. The Bertz CT molecular complexity index is 904. The second-order valence-electron chi connectivity index (χ2n) is 6.93. The van der Waals surface area contributed by atoms with Crippen LogP contribution in [0.5, 0.6) is 0 Å². The van der Waals surface area contributed by atoms with E-state index in [2.05, 4.69) is 25.1 Å². The minimum atomic E-state index is -0.0734. The molecule has 2 aromatic heterocycles. The molecule has 8 heteroatoms. The van der Waals surface area contributed by atoms with Gasteiger partial charge in [-0.05, 0) is 37.6 Å². The number of imidazole rings is 1. The molecule has 0 radical (unpaired) electrons. The van der Waals surface area contributed by atoms with Crippen molar-refractivity contribution < 1.29 is 5.11 Å². The van der Waals surface area contributed by atoms with Gasteiger partial charge in [-0.25, -0.2) is 4.98 Å². The van der Waals surface area contributed by atoms with Crippen molar-refractivity contribution in [2.45, 2.75) is 31.8 Å². The molecule has 1 atom stereocenters. The molecule has 4 rings (SSSR count). The largest absolute Gasteiger partial charge is 0.388 e. The maximum atomic E-state index is 9.32. The van der Waals surface area contributed by atoms with Crippen LogP contribution in [0, 0.1) is 0 Å². The number of H-pyrrole nitrogens is 1. The molecule has 0 saturated carbocycles. The third kappa shape index (κ3) is 3.47. The standard InChI is InChI=1S/C18H23ClN6O/c1-24-17(11-26)22-23-18(24)12-3-2-7-25(10-12)8-6-16-20-14-5-4-13(19)9-15(14)21-16/h4-5,9,12,26H,2-3,6-8,10-11H2,1H3,(H,20,21). The Hall–Kier alpha value is -1.96. The highest BCUT2D eigenvalue weighted by Gasteiger charge is 2.25. The monoisotopic (exact) mass is 374 g/mol. The quantitative estimate of drug-likeness (QED) is 0.715. The Morgan fingerprint density at radius 3 is 3.04 bits per heavy atom. The third-order valence-electron chi connectivity index (χ3n) is 5.17. The SMILES string of the molecule is Cn1c(CO)nnc1C1CCCN(CCc2nc3ccc(Cl)cc3[nH]2)C1. The molecule has 7 nitrogen and oxygen atoms in total. The van der Waals surface area contributed by atoms with Gasteiger partial charge in [-0.1, -0.05) is 11.6 Å². The van der Waals surface area contributed by atoms with Gasteiger partial charge >= 0.3 is 0 Å². The van der Waals surface area contributed by atoms with Crippen molar-refractivity contribution >= 4 is 22.6 Å². The molecule has 3 heterocycles. The van der Waals surface area contributed by atoms with E-state index in [1.807, 2.05) is 29.8 Å². The number of nitrogens with one attached hydrogen (secondary N) is 1. The van der Waals surface area contributed by atoms with Crippen LogP contribution in [-0.2, 0) is 20.1 Å². The highest BCUT2D eigenvalue weighted by Crippen LogP contribution is 2.26. The fraction of sp³-hybridized carbons (Fsp3) is 0.500. The summed E-state index contributed by atoms with van der Waals surface area (Å²) in [5.74, 6) is 2.94. The summed E-state index contributed by atoms with van der Waals surface area (Å²) in [5, 5.41) is 18.4. The van der Waals surface area contributed by atoms with Crippen molar-refractivity contribution in [1.29, 1.82) is 0 Å². The average molecular weight is 375 g/mol. The lowest BCUT2D eigenvalue weighted by atomic mass is 9.97. The molecule has 1 fully saturated rings. The number of fused-ring (bicyclic) bond motifs is 1. The van der Waals surface area contributed by atoms with E-state index < -0.39 is 0 Å². The van der Waals surface area contributed by atoms with Crippen LogP contribution in [0.25, 0.3) is 11.0 Å². The summed E-state index contributed by atoms with van der Waals surface area (Å²) in [4.78, 5) is 10.5. The van der Waals surface area contributed by atoms with Gasteiger partial charge in [-0.2, -0.15) is 0 Å². The first kappa shape index (κ1) is 17.5. The fourth-order valence-corrected chi connectivity index (χ4v) is 3.93. The van der Waals surface area contributed by atoms with E-state index in [1.54, 1.807) is 0 Å². The van der Waals surface area contributed by atoms with E-state index in [-0.39, 0.29) is 6.61 Å². The zero-order chi connectivity index (χ0) is 18.1. The highest BCUT2D eigenvalue weighted by molar-refractivity contribution is 6.31. The molecule has 1 aromatic carbocycles. The molecular formula is C18H23ClN6O. The number of aliphatic hydroxyl groups excluding tert-OH is 1. The molecule has 1 unspecified atom stereocenters. The van der Waals surface area contributed by atoms with Gasteiger partial charge < -0.3 is 19.6 Å². The molecule has 0 bridgehead atoms. The summed E-state index contributed by atoms with van der Waals surface area (Å²) < 4.78 is 1.93. The van der Waals surface area contributed by atoms with Crippen LogP contribution in [-0.4, -0.2) is 54.4 Å². The summed E-state index contributed by atoms with van der Waals surface area (Å²) in [5.41, 5.74) is 1.94. The van der Waals surface area contributed by atoms with Gasteiger partial charge in [0.1, 0.15) is 18.3 Å². The van der Waals surface area contributed by atoms with E-state index in [9.17, 15) is 5.11 Å². The second-order valence-corrected chi connectivity index (χ2v) is 7.36. The first-order valence-electron chi connectivity index (χ1n) is 8.99. The number of halogens is 1. The molecule has 1 aliphatic heterocycles. The van der Waals surface area contributed by atoms with Crippen LogP contribution in [0.1, 0.15) is 36.2 Å². The number of aromatic amines is 1. The summed E-state index contributed by atoms with van der Waals surface area (Å²) in [7, 11) is 1.93. The van der Waals surface area contributed by atoms with Crippen molar-refractivity contribution in [2.75, 3.05) is 19.6 Å². The molecule has 0 amide bonds. The van der Waals surface area contributed by atoms with Gasteiger partial charge in [0.15, 0.2) is 5.82 Å². The lowest BCUT2D eigenvalue weighted by molar-refractivity contribution is 0.203. The number of hydrogen-bond acceptors (Lipinski definition) is 5. The van der Waals surface area contributed by atoms with Crippen LogP contribution < -0.4 is 0 Å². The van der Waals surface area contributed by atoms with Crippen LogP contribution >= 0.6 is 11.6 Å². The van der Waals surface area contributed by atoms with Crippen LogP contribution in [0.3, 0.4) is 0 Å². The molecule has 0 aliphatic carbocycles. The molecule has 3 aromatic rings. The molecular weight excluding hydrogens is 352 g/mol. The minimum Gasteiger partial charge on any atom is -0.388 e. The second kappa shape index (κ2) is 7.34. The maximum absolute atomic E-state index is 9.32. The Kier molecular flexibility index (Phi) is 4.93. The normalized spacial score (nSPS) is 18.7. The van der Waals surface area contributed by atoms with Gasteiger partial charge in [-0.3, -0.25) is 0 Å². The molecule has 1 aliphatic rings. The van der Waals surface area contributed by atoms with Gasteiger partial charge in [0.25, 0.3) is 0 Å². The smallest absolute Gasteiger partial charge is 0.158 e. The molecule has 26 heavy (non-hydrogen) atoms. The first-order valence-corrected chi connectivity index (χ1v) is 9.37. The number of nitrogens with zero attached hydrogens (tertiary/aromatic N) is 5. The topological polar surface area (TPSA) is 82.9 Å².